The van der Waals surface area contributed by atoms with Gasteiger partial charge in [0.25, 0.3) is 5.91 Å². The van der Waals surface area contributed by atoms with Crippen molar-refractivity contribution in [2.45, 2.75) is 0 Å². The predicted octanol–water partition coefficient (Wildman–Crippen LogP) is -0.277. The number of hydrogen-bond acceptors (Lipinski definition) is 2. The Balaban J connectivity index is 0.000000810. The number of carbonyl (C=O) groups excluding carboxylic acids is 1. The number of aromatic nitrogens is 1. The minimum Gasteiger partial charge on any atom is -0.364 e. The lowest BCUT2D eigenvalue weighted by Crippen LogP contribution is -2.20. The van der Waals surface area contributed by atoms with E-state index in [2.05, 4.69) is 0 Å². The summed E-state index contributed by atoms with van der Waals surface area (Å²) in [6.45, 7) is 0. The standard InChI is InChI=1S/C5H7N3O.ClH/c6-5(9)4-2-1-3-8(4)7;/h1-3H,7H2,(H2,6,9);1H. The molecule has 0 bridgehead atoms. The normalized spacial score (nSPS) is 8.40. The van der Waals surface area contributed by atoms with Crippen molar-refractivity contribution in [2.75, 3.05) is 5.84 Å². The van der Waals surface area contributed by atoms with Crippen LogP contribution in [0.2, 0.25) is 0 Å². The Morgan fingerprint density at radius 3 is 2.40 bits per heavy atom. The van der Waals surface area contributed by atoms with E-state index in [0.717, 1.165) is 0 Å². The molecule has 0 unspecified atom stereocenters. The maximum atomic E-state index is 10.4. The third-order valence-electron chi connectivity index (χ3n) is 1.03. The van der Waals surface area contributed by atoms with Crippen molar-refractivity contribution in [1.82, 2.24) is 4.68 Å². The molecule has 4 N–H and O–H groups in total. The van der Waals surface area contributed by atoms with Crippen LogP contribution in [0, 0.1) is 0 Å². The van der Waals surface area contributed by atoms with E-state index in [1.54, 1.807) is 18.3 Å². The van der Waals surface area contributed by atoms with Gasteiger partial charge in [0.2, 0.25) is 0 Å². The van der Waals surface area contributed by atoms with Gasteiger partial charge in [0.15, 0.2) is 0 Å². The lowest BCUT2D eigenvalue weighted by Gasteiger charge is -1.94. The molecule has 1 amide bonds. The molecule has 1 rings (SSSR count). The minimum atomic E-state index is -0.512. The van der Waals surface area contributed by atoms with Gasteiger partial charge in [0, 0.05) is 6.20 Å². The Morgan fingerprint density at radius 1 is 1.60 bits per heavy atom. The highest BCUT2D eigenvalue weighted by molar-refractivity contribution is 5.91. The fourth-order valence-electron chi connectivity index (χ4n) is 0.603. The zero-order chi connectivity index (χ0) is 6.85. The second kappa shape index (κ2) is 3.12. The van der Waals surface area contributed by atoms with Crippen molar-refractivity contribution in [2.24, 2.45) is 5.73 Å². The van der Waals surface area contributed by atoms with Gasteiger partial charge in [-0.15, -0.1) is 12.4 Å². The molecule has 0 spiro atoms. The average molecular weight is 162 g/mol. The van der Waals surface area contributed by atoms with E-state index >= 15 is 0 Å². The fourth-order valence-corrected chi connectivity index (χ4v) is 0.603. The summed E-state index contributed by atoms with van der Waals surface area (Å²) >= 11 is 0. The maximum absolute atomic E-state index is 10.4. The Kier molecular flexibility index (Phi) is 2.76. The third-order valence-corrected chi connectivity index (χ3v) is 1.03. The molecule has 0 aliphatic carbocycles. The van der Waals surface area contributed by atoms with E-state index in [9.17, 15) is 4.79 Å². The molecule has 0 saturated carbocycles. The van der Waals surface area contributed by atoms with Crippen molar-refractivity contribution in [3.63, 3.8) is 0 Å². The molecule has 0 fully saturated rings. The Hall–Kier alpha value is -1.16. The minimum absolute atomic E-state index is 0. The first-order chi connectivity index (χ1) is 4.22. The van der Waals surface area contributed by atoms with Crippen LogP contribution in [0.5, 0.6) is 0 Å². The van der Waals surface area contributed by atoms with Gasteiger partial charge in [-0.3, -0.25) is 9.47 Å². The van der Waals surface area contributed by atoms with Crippen LogP contribution in [0.3, 0.4) is 0 Å². The smallest absolute Gasteiger partial charge is 0.267 e. The molecule has 0 saturated heterocycles. The van der Waals surface area contributed by atoms with Crippen LogP contribution in [-0.4, -0.2) is 10.6 Å². The first kappa shape index (κ1) is 8.84. The van der Waals surface area contributed by atoms with E-state index in [0.29, 0.717) is 5.69 Å². The number of nitrogen functional groups attached to an aromatic ring is 1. The van der Waals surface area contributed by atoms with E-state index in [4.69, 9.17) is 11.6 Å². The molecule has 5 heteroatoms. The Morgan fingerprint density at radius 2 is 2.20 bits per heavy atom. The number of rotatable bonds is 1. The zero-order valence-corrected chi connectivity index (χ0v) is 5.97. The first-order valence-electron chi connectivity index (χ1n) is 2.44. The number of nitrogens with two attached hydrogens (primary N) is 2. The summed E-state index contributed by atoms with van der Waals surface area (Å²) in [5, 5.41) is 0. The second-order valence-electron chi connectivity index (χ2n) is 1.66. The van der Waals surface area contributed by atoms with Crippen LogP contribution >= 0.6 is 12.4 Å². The van der Waals surface area contributed by atoms with Crippen LogP contribution < -0.4 is 11.6 Å². The van der Waals surface area contributed by atoms with E-state index in [-0.39, 0.29) is 12.4 Å². The quantitative estimate of drug-likeness (QED) is 0.556. The maximum Gasteiger partial charge on any atom is 0.267 e. The van der Waals surface area contributed by atoms with Crippen molar-refractivity contribution >= 4 is 18.3 Å². The molecule has 1 aromatic rings. The Labute approximate surface area is 64.2 Å². The van der Waals surface area contributed by atoms with Gasteiger partial charge in [-0.05, 0) is 12.1 Å². The van der Waals surface area contributed by atoms with Crippen molar-refractivity contribution in [3.8, 4) is 0 Å². The molecule has 0 aliphatic heterocycles. The summed E-state index contributed by atoms with van der Waals surface area (Å²) in [5.74, 6) is 4.75. The molecular weight excluding hydrogens is 154 g/mol. The SMILES string of the molecule is Cl.NC(=O)c1cccn1N. The van der Waals surface area contributed by atoms with Crippen molar-refractivity contribution in [3.05, 3.63) is 24.0 Å². The summed E-state index contributed by atoms with van der Waals surface area (Å²) < 4.78 is 1.18. The predicted molar refractivity (Wildman–Crippen MR) is 40.3 cm³/mol. The van der Waals surface area contributed by atoms with Crippen LogP contribution in [0.1, 0.15) is 10.5 Å². The lowest BCUT2D eigenvalue weighted by molar-refractivity contribution is 0.0993. The van der Waals surface area contributed by atoms with E-state index < -0.39 is 5.91 Å². The molecular formula is C5H8ClN3O. The molecule has 0 atom stereocenters. The van der Waals surface area contributed by atoms with Crippen LogP contribution in [0.4, 0.5) is 0 Å². The van der Waals surface area contributed by atoms with Crippen molar-refractivity contribution < 1.29 is 4.79 Å². The molecule has 1 heterocycles. The summed E-state index contributed by atoms with van der Waals surface area (Å²) in [7, 11) is 0. The van der Waals surface area contributed by atoms with E-state index in [1.165, 1.54) is 4.68 Å². The summed E-state index contributed by atoms with van der Waals surface area (Å²) in [6.07, 6.45) is 1.56. The third kappa shape index (κ3) is 1.41. The largest absolute Gasteiger partial charge is 0.364 e. The Bertz CT molecular complexity index is 233. The molecule has 0 radical (unpaired) electrons. The highest BCUT2D eigenvalue weighted by Crippen LogP contribution is 1.93. The van der Waals surface area contributed by atoms with Gasteiger partial charge in [-0.25, -0.2) is 0 Å². The number of nitrogens with zero attached hydrogens (tertiary/aromatic N) is 1. The van der Waals surface area contributed by atoms with Crippen LogP contribution in [0.15, 0.2) is 18.3 Å². The van der Waals surface area contributed by atoms with Gasteiger partial charge in [0.1, 0.15) is 5.69 Å². The van der Waals surface area contributed by atoms with E-state index in [1.807, 2.05) is 0 Å². The number of hydrogen-bond donors (Lipinski definition) is 2. The number of carbonyl (C=O) groups is 1. The monoisotopic (exact) mass is 161 g/mol. The van der Waals surface area contributed by atoms with Crippen LogP contribution in [0.25, 0.3) is 0 Å². The molecule has 0 aliphatic rings. The molecule has 56 valence electrons. The van der Waals surface area contributed by atoms with Gasteiger partial charge in [-0.1, -0.05) is 0 Å². The van der Waals surface area contributed by atoms with Gasteiger partial charge in [0.05, 0.1) is 0 Å². The summed E-state index contributed by atoms with van der Waals surface area (Å²) in [6, 6.07) is 3.21. The van der Waals surface area contributed by atoms with Gasteiger partial charge < -0.3 is 11.6 Å². The first-order valence-corrected chi connectivity index (χ1v) is 2.44. The van der Waals surface area contributed by atoms with Crippen molar-refractivity contribution in [1.29, 1.82) is 0 Å². The molecule has 4 nitrogen and oxygen atoms in total. The molecule has 10 heavy (non-hydrogen) atoms. The number of halogens is 1. The molecule has 1 aromatic heterocycles. The highest BCUT2D eigenvalue weighted by atomic mass is 35.5. The number of primary amides is 1. The lowest BCUT2D eigenvalue weighted by atomic mass is 10.4. The average Bonchev–Trinajstić information content (AvgIpc) is 2.13. The zero-order valence-electron chi connectivity index (χ0n) is 5.15. The number of amides is 1. The fraction of sp³-hybridized carbons (Fsp3) is 0. The summed E-state index contributed by atoms with van der Waals surface area (Å²) in [4.78, 5) is 10.4. The van der Waals surface area contributed by atoms with Crippen LogP contribution in [-0.2, 0) is 0 Å². The van der Waals surface area contributed by atoms with Gasteiger partial charge in [-0.2, -0.15) is 0 Å². The summed E-state index contributed by atoms with van der Waals surface area (Å²) in [5.41, 5.74) is 5.23. The highest BCUT2D eigenvalue weighted by Gasteiger charge is 2.01. The topological polar surface area (TPSA) is 74.0 Å². The second-order valence-corrected chi connectivity index (χ2v) is 1.66. The molecule has 0 aromatic carbocycles. The van der Waals surface area contributed by atoms with Gasteiger partial charge >= 0.3 is 0 Å².